The van der Waals surface area contributed by atoms with Crippen molar-refractivity contribution in [3.63, 3.8) is 0 Å². The van der Waals surface area contributed by atoms with E-state index in [-0.39, 0.29) is 56.3 Å². The molecule has 0 spiro atoms. The largest absolute Gasteiger partial charge is 0.489 e. The van der Waals surface area contributed by atoms with Gasteiger partial charge in [-0.25, -0.2) is 9.97 Å². The Hall–Kier alpha value is -5.68. The van der Waals surface area contributed by atoms with Crippen LogP contribution in [0.15, 0.2) is 66.3 Å². The molecule has 2 bridgehead atoms. The number of piperazine rings is 1. The number of amides is 4. The van der Waals surface area contributed by atoms with Crippen LogP contribution in [-0.2, 0) is 25.7 Å². The Labute approximate surface area is 430 Å². The minimum atomic E-state index is -0.982. The summed E-state index contributed by atoms with van der Waals surface area (Å²) in [5.41, 5.74) is 3.37. The van der Waals surface area contributed by atoms with Gasteiger partial charge in [0.2, 0.25) is 17.7 Å². The van der Waals surface area contributed by atoms with E-state index in [0.29, 0.717) is 40.7 Å². The van der Waals surface area contributed by atoms with Crippen LogP contribution >= 0.6 is 22.9 Å². The van der Waals surface area contributed by atoms with Crippen LogP contribution in [0, 0.1) is 27.6 Å². The third-order valence-corrected chi connectivity index (χ3v) is 16.2. The quantitative estimate of drug-likeness (QED) is 0.0828. The number of likely N-dealkylation sites (tertiary alicyclic amines) is 2. The molecule has 4 aliphatic rings. The molecule has 384 valence electrons. The minimum absolute atomic E-state index is 0.0368. The normalized spacial score (nSPS) is 24.0. The number of thiazole rings is 1. The van der Waals surface area contributed by atoms with E-state index in [2.05, 4.69) is 64.5 Å². The molecule has 3 aliphatic heterocycles. The van der Waals surface area contributed by atoms with E-state index in [0.717, 1.165) is 41.3 Å². The highest BCUT2D eigenvalue weighted by atomic mass is 35.5. The Balaban J connectivity index is 0.774. The summed E-state index contributed by atoms with van der Waals surface area (Å²) in [5, 5.41) is 39.0. The van der Waals surface area contributed by atoms with Gasteiger partial charge in [0.15, 0.2) is 0 Å². The van der Waals surface area contributed by atoms with Gasteiger partial charge >= 0.3 is 0 Å². The molecule has 5 heterocycles. The molecule has 2 aromatic carbocycles. The molecule has 4 aromatic rings. The molecule has 0 radical (unpaired) electrons. The van der Waals surface area contributed by atoms with Crippen LogP contribution in [0.5, 0.6) is 5.75 Å². The molecule has 5 N–H and O–H groups in total. The number of aromatic nitrogens is 2. The number of nitriles is 1. The predicted octanol–water partition coefficient (Wildman–Crippen LogP) is 5.48. The maximum absolute atomic E-state index is 14.2. The number of rotatable bonds is 17. The summed E-state index contributed by atoms with van der Waals surface area (Å²) < 4.78 is 12.2. The maximum atomic E-state index is 14.2. The van der Waals surface area contributed by atoms with Gasteiger partial charge < -0.3 is 45.4 Å². The van der Waals surface area contributed by atoms with Crippen molar-refractivity contribution in [2.45, 2.75) is 123 Å². The number of hydrogen-bond acceptors (Lipinski definition) is 14. The topological polar surface area (TPSA) is 223 Å². The molecule has 72 heavy (non-hydrogen) atoms. The van der Waals surface area contributed by atoms with E-state index >= 15 is 0 Å². The van der Waals surface area contributed by atoms with Gasteiger partial charge in [0, 0.05) is 73.8 Å². The number of carbonyl (C=O) groups is 4. The second-order valence-electron chi connectivity index (χ2n) is 21.8. The summed E-state index contributed by atoms with van der Waals surface area (Å²) in [6, 6.07) is 16.5. The number of aliphatic hydroxyl groups excluding tert-OH is 2. The zero-order valence-corrected chi connectivity index (χ0v) is 43.7. The molecule has 2 aromatic heterocycles. The zero-order chi connectivity index (χ0) is 51.9. The first-order chi connectivity index (χ1) is 34.1. The fourth-order valence-electron chi connectivity index (χ4n) is 11.4. The molecule has 4 amide bonds. The number of fused-ring (bicyclic) bond motifs is 2. The summed E-state index contributed by atoms with van der Waals surface area (Å²) in [6.07, 6.45) is 1.53. The van der Waals surface area contributed by atoms with Crippen LogP contribution in [0.3, 0.4) is 0 Å². The lowest BCUT2D eigenvalue weighted by molar-refractivity contribution is -0.164. The summed E-state index contributed by atoms with van der Waals surface area (Å²) in [6.45, 7) is 17.7. The van der Waals surface area contributed by atoms with E-state index in [1.54, 1.807) is 29.9 Å². The van der Waals surface area contributed by atoms with Crippen molar-refractivity contribution >= 4 is 52.4 Å². The lowest BCUT2D eigenvalue weighted by Gasteiger charge is -2.63. The van der Waals surface area contributed by atoms with Gasteiger partial charge in [0.1, 0.15) is 42.4 Å². The Bertz CT molecular complexity index is 2670. The van der Waals surface area contributed by atoms with Gasteiger partial charge in [-0.05, 0) is 54.2 Å². The van der Waals surface area contributed by atoms with Gasteiger partial charge in [-0.3, -0.25) is 24.1 Å². The van der Waals surface area contributed by atoms with Crippen LogP contribution in [0.1, 0.15) is 101 Å². The van der Waals surface area contributed by atoms with Crippen LogP contribution in [0.25, 0.3) is 10.4 Å². The number of ether oxygens (including phenoxy) is 2. The van der Waals surface area contributed by atoms with E-state index in [9.17, 15) is 34.7 Å². The van der Waals surface area contributed by atoms with Crippen LogP contribution in [0.2, 0.25) is 5.02 Å². The molecule has 3 saturated heterocycles. The monoisotopic (exact) mass is 1020 g/mol. The van der Waals surface area contributed by atoms with Crippen molar-refractivity contribution in [3.8, 4) is 22.3 Å². The predicted molar refractivity (Wildman–Crippen MR) is 273 cm³/mol. The number of pyridine rings is 1. The van der Waals surface area contributed by atoms with E-state index in [1.165, 1.54) is 16.2 Å². The Morgan fingerprint density at radius 2 is 1.71 bits per heavy atom. The van der Waals surface area contributed by atoms with Crippen molar-refractivity contribution in [1.29, 1.82) is 5.26 Å². The number of nitrogens with one attached hydrogen (secondary N) is 3. The molecular formula is C53H66ClN9O8S. The number of carbonyl (C=O) groups excluding carboxylic acids is 4. The van der Waals surface area contributed by atoms with Crippen molar-refractivity contribution in [1.82, 2.24) is 35.7 Å². The number of nitrogens with zero attached hydrogens (tertiary/aromatic N) is 6. The standard InChI is InChI=1S/C53H66ClN9O8S/c1-30(31-9-11-32(12-10-31)44-40(27-64)57-29-72-44)58-47(68)41-20-37(65)26-63(41)48(69)45(51(2,3)4)59-43(66)28-70-18-17-61-24-36-19-35(61)25-62(36)42-16-14-34(23-56-42)46(67)60-49-52(5,6)50(53(49,7)8)71-38-15-13-33(22-55)39(54)21-38/h9-16,21,23,29-30,35-37,41,45,49-50,64-65H,17-20,24-28H2,1-8H3,(H,58,68)(H,59,66)(H,60,67)/t30-,35-,36-,37+,41?,45?,49-,50-/m0/s1. The summed E-state index contributed by atoms with van der Waals surface area (Å²) >= 11 is 7.70. The third kappa shape index (κ3) is 10.8. The van der Waals surface area contributed by atoms with Crippen LogP contribution < -0.4 is 25.6 Å². The highest BCUT2D eigenvalue weighted by Gasteiger charge is 2.64. The summed E-state index contributed by atoms with van der Waals surface area (Å²) in [4.78, 5) is 70.6. The van der Waals surface area contributed by atoms with Gasteiger partial charge in [-0.15, -0.1) is 11.3 Å². The molecule has 6 atom stereocenters. The first-order valence-electron chi connectivity index (χ1n) is 24.5. The second kappa shape index (κ2) is 21.0. The molecule has 8 rings (SSSR count). The highest BCUT2D eigenvalue weighted by Crippen LogP contribution is 2.55. The lowest BCUT2D eigenvalue weighted by Crippen LogP contribution is -2.74. The summed E-state index contributed by atoms with van der Waals surface area (Å²) in [7, 11) is 0. The van der Waals surface area contributed by atoms with Gasteiger partial charge in [-0.2, -0.15) is 5.26 Å². The number of aliphatic hydroxyl groups is 2. The number of benzene rings is 2. The first kappa shape index (κ1) is 52.6. The molecule has 1 aliphatic carbocycles. The smallest absolute Gasteiger partial charge is 0.253 e. The number of β-amino-alcohol motifs (C(OH)–C–C–N with tert-alkyl or cyclic N) is 1. The Morgan fingerprint density at radius 3 is 2.33 bits per heavy atom. The molecule has 19 heteroatoms. The Kier molecular flexibility index (Phi) is 15.4. The molecule has 1 saturated carbocycles. The van der Waals surface area contributed by atoms with E-state index in [4.69, 9.17) is 26.1 Å². The zero-order valence-electron chi connectivity index (χ0n) is 42.1. The van der Waals surface area contributed by atoms with Crippen LogP contribution in [-0.4, -0.2) is 135 Å². The van der Waals surface area contributed by atoms with Gasteiger partial charge in [-0.1, -0.05) is 84.3 Å². The van der Waals surface area contributed by atoms with Crippen LogP contribution in [0.4, 0.5) is 5.82 Å². The third-order valence-electron chi connectivity index (χ3n) is 14.9. The average molecular weight is 1020 g/mol. The fourth-order valence-corrected chi connectivity index (χ4v) is 12.4. The Morgan fingerprint density at radius 1 is 0.972 bits per heavy atom. The second-order valence-corrected chi connectivity index (χ2v) is 23.1. The maximum Gasteiger partial charge on any atom is 0.253 e. The van der Waals surface area contributed by atoms with Crippen molar-refractivity contribution in [2.75, 3.05) is 44.3 Å². The van der Waals surface area contributed by atoms with Gasteiger partial charge in [0.05, 0.1) is 57.6 Å². The van der Waals surface area contributed by atoms with Crippen molar-refractivity contribution < 1.29 is 38.9 Å². The first-order valence-corrected chi connectivity index (χ1v) is 25.8. The van der Waals surface area contributed by atoms with Gasteiger partial charge in [0.25, 0.3) is 5.91 Å². The minimum Gasteiger partial charge on any atom is -0.489 e. The molecule has 17 nitrogen and oxygen atoms in total. The van der Waals surface area contributed by atoms with E-state index < -0.39 is 58.2 Å². The SMILES string of the molecule is C[C@H](NC(=O)C1C[C@@H](O)CN1C(=O)C(NC(=O)COCCN1C[C@@H]2C[C@H]1CN2c1ccc(C(=O)N[C@H]2C(C)(C)[C@H](Oc3ccc(C#N)c(Cl)c3)C2(C)C)cn1)C(C)(C)C)c1ccc(-c2scnc2CO)cc1. The van der Waals surface area contributed by atoms with Crippen molar-refractivity contribution in [2.24, 2.45) is 16.2 Å². The molecular weight excluding hydrogens is 958 g/mol. The highest BCUT2D eigenvalue weighted by molar-refractivity contribution is 7.13. The average Bonchev–Trinajstić information content (AvgIpc) is 4.17. The number of halogens is 1. The molecule has 2 unspecified atom stereocenters. The van der Waals surface area contributed by atoms with E-state index in [1.807, 2.05) is 64.1 Å². The summed E-state index contributed by atoms with van der Waals surface area (Å²) in [5.74, 6) is -0.125. The fraction of sp³-hybridized carbons (Fsp3) is 0.528. The number of hydrogen-bond donors (Lipinski definition) is 5. The molecule has 4 fully saturated rings. The van der Waals surface area contributed by atoms with Crippen molar-refractivity contribution in [3.05, 3.63) is 93.7 Å². The lowest BCUT2D eigenvalue weighted by atomic mass is 9.49. The number of anilines is 1.